The molecule has 0 fully saturated rings. The Bertz CT molecular complexity index is 465. The third kappa shape index (κ3) is 1.72. The van der Waals surface area contributed by atoms with Crippen LogP contribution in [0.25, 0.3) is 15.3 Å². The fraction of sp³-hybridized carbons (Fsp3) is 0.0909. The molecule has 0 amide bonds. The van der Waals surface area contributed by atoms with Crippen molar-refractivity contribution in [2.24, 2.45) is 0 Å². The summed E-state index contributed by atoms with van der Waals surface area (Å²) < 4.78 is 1.17. The number of thiophene rings is 2. The van der Waals surface area contributed by atoms with Crippen LogP contribution in [0, 0.1) is 0 Å². The molecule has 0 aliphatic heterocycles. The van der Waals surface area contributed by atoms with Gasteiger partial charge in [-0.3, -0.25) is 0 Å². The fourth-order valence-corrected chi connectivity index (χ4v) is 4.15. The van der Waals surface area contributed by atoms with Gasteiger partial charge in [-0.25, -0.2) is 0 Å². The smallest absolute Gasteiger partial charge is 0.0590 e. The van der Waals surface area contributed by atoms with Crippen molar-refractivity contribution in [3.05, 3.63) is 39.5 Å². The van der Waals surface area contributed by atoms with Gasteiger partial charge in [0.05, 0.1) is 9.75 Å². The average molecular weight is 285 g/mol. The highest BCUT2D eigenvalue weighted by atomic mass is 79.9. The molecule has 0 aliphatic rings. The molecule has 14 heavy (non-hydrogen) atoms. The van der Waals surface area contributed by atoms with E-state index in [9.17, 15) is 0 Å². The van der Waals surface area contributed by atoms with Gasteiger partial charge in [-0.15, -0.1) is 22.7 Å². The molecule has 0 unspecified atom stereocenters. The van der Waals surface area contributed by atoms with Gasteiger partial charge in [-0.2, -0.15) is 0 Å². The molecule has 0 spiro atoms. The van der Waals surface area contributed by atoms with E-state index in [0.717, 1.165) is 5.57 Å². The zero-order valence-corrected chi connectivity index (χ0v) is 10.9. The molecule has 0 atom stereocenters. The molecule has 0 radical (unpaired) electrons. The Labute approximate surface area is 100 Å². The lowest BCUT2D eigenvalue weighted by molar-refractivity contribution is 1.67. The first-order valence-corrected chi connectivity index (χ1v) is 6.72. The minimum absolute atomic E-state index is 1.13. The van der Waals surface area contributed by atoms with E-state index in [0.29, 0.717) is 0 Å². The summed E-state index contributed by atoms with van der Waals surface area (Å²) in [6, 6.07) is 4.22. The van der Waals surface area contributed by atoms with Gasteiger partial charge in [-0.1, -0.05) is 6.58 Å². The zero-order chi connectivity index (χ0) is 10.1. The zero-order valence-electron chi connectivity index (χ0n) is 7.71. The second-order valence-electron chi connectivity index (χ2n) is 3.04. The highest BCUT2D eigenvalue weighted by Gasteiger charge is 2.11. The number of rotatable bonds is 2. The molecule has 3 heteroatoms. The molecule has 2 heterocycles. The molecular formula is C11H9BrS2. The molecule has 0 aromatic carbocycles. The van der Waals surface area contributed by atoms with Crippen molar-refractivity contribution in [2.45, 2.75) is 6.92 Å². The highest BCUT2D eigenvalue weighted by molar-refractivity contribution is 9.10. The van der Waals surface area contributed by atoms with Gasteiger partial charge in [0.2, 0.25) is 0 Å². The first-order chi connectivity index (χ1) is 6.70. The number of hydrogen-bond acceptors (Lipinski definition) is 2. The quantitative estimate of drug-likeness (QED) is 0.705. The van der Waals surface area contributed by atoms with Gasteiger partial charge in [-0.05, 0) is 56.9 Å². The van der Waals surface area contributed by atoms with Crippen molar-refractivity contribution in [1.29, 1.82) is 0 Å². The molecule has 0 N–H and O–H groups in total. The van der Waals surface area contributed by atoms with E-state index in [1.54, 1.807) is 22.7 Å². The van der Waals surface area contributed by atoms with Gasteiger partial charge in [0.25, 0.3) is 0 Å². The van der Waals surface area contributed by atoms with E-state index in [4.69, 9.17) is 0 Å². The Hall–Kier alpha value is -0.380. The fourth-order valence-electron chi connectivity index (χ4n) is 1.28. The Morgan fingerprint density at radius 3 is 2.43 bits per heavy atom. The predicted octanol–water partition coefficient (Wildman–Crippen LogP) is 5.27. The summed E-state index contributed by atoms with van der Waals surface area (Å²) in [7, 11) is 0. The Balaban J connectivity index is 2.57. The largest absolute Gasteiger partial charge is 0.142 e. The lowest BCUT2D eigenvalue weighted by Crippen LogP contribution is -1.76. The van der Waals surface area contributed by atoms with Crippen LogP contribution in [0.1, 0.15) is 12.5 Å². The lowest BCUT2D eigenvalue weighted by atomic mass is 10.1. The second kappa shape index (κ2) is 4.01. The van der Waals surface area contributed by atoms with E-state index < -0.39 is 0 Å². The van der Waals surface area contributed by atoms with E-state index in [2.05, 4.69) is 45.4 Å². The maximum atomic E-state index is 3.99. The molecular weight excluding hydrogens is 276 g/mol. The summed E-state index contributed by atoms with van der Waals surface area (Å²) in [4.78, 5) is 2.62. The highest BCUT2D eigenvalue weighted by Crippen LogP contribution is 2.40. The lowest BCUT2D eigenvalue weighted by Gasteiger charge is -2.00. The molecule has 0 nitrogen and oxygen atoms in total. The number of hydrogen-bond donors (Lipinski definition) is 0. The van der Waals surface area contributed by atoms with E-state index in [1.807, 2.05) is 6.92 Å². The maximum absolute atomic E-state index is 3.99. The van der Waals surface area contributed by atoms with E-state index in [1.165, 1.54) is 19.8 Å². The molecule has 2 rings (SSSR count). The molecule has 2 aromatic heterocycles. The number of allylic oxidation sites excluding steroid dienone is 1. The predicted molar refractivity (Wildman–Crippen MR) is 70.0 cm³/mol. The van der Waals surface area contributed by atoms with Crippen molar-refractivity contribution >= 4 is 44.2 Å². The minimum atomic E-state index is 1.13. The van der Waals surface area contributed by atoms with E-state index in [-0.39, 0.29) is 0 Å². The third-order valence-corrected chi connectivity index (χ3v) is 4.86. The van der Waals surface area contributed by atoms with E-state index >= 15 is 0 Å². The molecule has 2 aromatic rings. The first kappa shape index (κ1) is 10.1. The second-order valence-corrected chi connectivity index (χ2v) is 5.73. The van der Waals surface area contributed by atoms with Crippen molar-refractivity contribution in [3.8, 4) is 9.75 Å². The standard InChI is InChI=1S/C11H9BrS2/c1-7(2)8-3-5-13-10(8)11-9(12)4-6-14-11/h3-6H,1H2,2H3. The Morgan fingerprint density at radius 2 is 1.86 bits per heavy atom. The van der Waals surface area contributed by atoms with Crippen LogP contribution in [0.15, 0.2) is 33.9 Å². The van der Waals surface area contributed by atoms with Gasteiger partial charge in [0.15, 0.2) is 0 Å². The maximum Gasteiger partial charge on any atom is 0.0590 e. The van der Waals surface area contributed by atoms with Crippen molar-refractivity contribution in [2.75, 3.05) is 0 Å². The first-order valence-electron chi connectivity index (χ1n) is 4.17. The van der Waals surface area contributed by atoms with Crippen LogP contribution in [0.5, 0.6) is 0 Å². The summed E-state index contributed by atoms with van der Waals surface area (Å²) in [6.45, 7) is 6.04. The molecule has 0 aliphatic carbocycles. The normalized spacial score (nSPS) is 10.4. The van der Waals surface area contributed by atoms with Crippen LogP contribution in [-0.4, -0.2) is 0 Å². The Kier molecular flexibility index (Phi) is 2.91. The summed E-state index contributed by atoms with van der Waals surface area (Å²) in [5.74, 6) is 0. The van der Waals surface area contributed by atoms with Crippen LogP contribution >= 0.6 is 38.6 Å². The van der Waals surface area contributed by atoms with Gasteiger partial charge in [0, 0.05) is 4.47 Å². The Morgan fingerprint density at radius 1 is 1.21 bits per heavy atom. The molecule has 0 saturated carbocycles. The molecule has 0 saturated heterocycles. The molecule has 0 bridgehead atoms. The average Bonchev–Trinajstić information content (AvgIpc) is 2.70. The summed E-state index contributed by atoms with van der Waals surface area (Å²) in [5.41, 5.74) is 2.39. The third-order valence-electron chi connectivity index (χ3n) is 1.95. The SMILES string of the molecule is C=C(C)c1ccsc1-c1sccc1Br. The molecule has 72 valence electrons. The van der Waals surface area contributed by atoms with Gasteiger partial charge in [0.1, 0.15) is 0 Å². The summed E-state index contributed by atoms with van der Waals surface area (Å²) >= 11 is 7.09. The summed E-state index contributed by atoms with van der Waals surface area (Å²) in [5, 5.41) is 4.22. The number of halogens is 1. The monoisotopic (exact) mass is 284 g/mol. The summed E-state index contributed by atoms with van der Waals surface area (Å²) in [6.07, 6.45) is 0. The van der Waals surface area contributed by atoms with Crippen LogP contribution in [-0.2, 0) is 0 Å². The van der Waals surface area contributed by atoms with Gasteiger partial charge < -0.3 is 0 Å². The topological polar surface area (TPSA) is 0 Å². The van der Waals surface area contributed by atoms with Crippen LogP contribution in [0.3, 0.4) is 0 Å². The minimum Gasteiger partial charge on any atom is -0.142 e. The van der Waals surface area contributed by atoms with Crippen LogP contribution in [0.2, 0.25) is 0 Å². The van der Waals surface area contributed by atoms with Crippen molar-refractivity contribution < 1.29 is 0 Å². The van der Waals surface area contributed by atoms with Crippen molar-refractivity contribution in [3.63, 3.8) is 0 Å². The van der Waals surface area contributed by atoms with Crippen LogP contribution in [0.4, 0.5) is 0 Å². The van der Waals surface area contributed by atoms with Crippen molar-refractivity contribution in [1.82, 2.24) is 0 Å². The van der Waals surface area contributed by atoms with Gasteiger partial charge >= 0.3 is 0 Å². The van der Waals surface area contributed by atoms with Crippen LogP contribution < -0.4 is 0 Å².